The number of aliphatic imine (C=N–C) groups is 1. The van der Waals surface area contributed by atoms with Crippen LogP contribution < -0.4 is 5.56 Å². The summed E-state index contributed by atoms with van der Waals surface area (Å²) in [4.78, 5) is 34.3. The van der Waals surface area contributed by atoms with E-state index in [1.807, 2.05) is 18.2 Å². The number of para-hydroxylation sites is 1. The average Bonchev–Trinajstić information content (AvgIpc) is 3.03. The van der Waals surface area contributed by atoms with Gasteiger partial charge in [0.1, 0.15) is 11.6 Å². The van der Waals surface area contributed by atoms with Crippen LogP contribution in [-0.2, 0) is 0 Å². The number of allylic oxidation sites excluding steroid dienone is 1. The molecule has 150 valence electrons. The van der Waals surface area contributed by atoms with E-state index in [2.05, 4.69) is 9.98 Å². The fourth-order valence-electron chi connectivity index (χ4n) is 3.78. The Bertz CT molecular complexity index is 1480. The third-order valence-corrected chi connectivity index (χ3v) is 5.32. The number of carbonyl (C=O) groups is 1. The number of ketones is 1. The summed E-state index contributed by atoms with van der Waals surface area (Å²) in [5, 5.41) is 10.9. The van der Waals surface area contributed by atoms with Gasteiger partial charge >= 0.3 is 0 Å². The summed E-state index contributed by atoms with van der Waals surface area (Å²) >= 11 is 0. The van der Waals surface area contributed by atoms with Gasteiger partial charge < -0.3 is 5.11 Å². The van der Waals surface area contributed by atoms with Crippen molar-refractivity contribution in [1.29, 1.82) is 0 Å². The molecule has 1 heterocycles. The number of aromatic nitrogens is 2. The van der Waals surface area contributed by atoms with Gasteiger partial charge in [-0.3, -0.25) is 19.1 Å². The van der Waals surface area contributed by atoms with Crippen molar-refractivity contribution in [1.82, 2.24) is 9.55 Å². The Hall–Kier alpha value is -4.32. The average molecular weight is 407 g/mol. The van der Waals surface area contributed by atoms with E-state index in [4.69, 9.17) is 0 Å². The molecule has 1 aliphatic rings. The van der Waals surface area contributed by atoms with Crippen LogP contribution in [0.3, 0.4) is 0 Å². The lowest BCUT2D eigenvalue weighted by Crippen LogP contribution is -2.22. The van der Waals surface area contributed by atoms with Crippen LogP contribution in [-0.4, -0.2) is 26.7 Å². The first-order valence-electron chi connectivity index (χ1n) is 9.75. The van der Waals surface area contributed by atoms with Crippen LogP contribution in [0.1, 0.15) is 21.7 Å². The SMILES string of the molecule is Cc1nc2ccccc2c(=O)n1-c1ccc(N=CC2=C(O)c3ccccc3C2=O)cc1. The summed E-state index contributed by atoms with van der Waals surface area (Å²) in [5.41, 5.74) is 2.94. The molecule has 0 atom stereocenters. The van der Waals surface area contributed by atoms with E-state index in [-0.39, 0.29) is 22.7 Å². The molecule has 0 saturated carbocycles. The highest BCUT2D eigenvalue weighted by Crippen LogP contribution is 2.30. The van der Waals surface area contributed by atoms with Crippen LogP contribution >= 0.6 is 0 Å². The summed E-state index contributed by atoms with van der Waals surface area (Å²) in [6, 6.07) is 21.2. The highest BCUT2D eigenvalue weighted by atomic mass is 16.3. The van der Waals surface area contributed by atoms with E-state index in [0.717, 1.165) is 0 Å². The number of benzene rings is 3. The van der Waals surface area contributed by atoms with Gasteiger partial charge in [-0.05, 0) is 43.3 Å². The molecule has 0 fully saturated rings. The monoisotopic (exact) mass is 407 g/mol. The number of carbonyl (C=O) groups excluding carboxylic acids is 1. The predicted octanol–water partition coefficient (Wildman–Crippen LogP) is 4.56. The van der Waals surface area contributed by atoms with Gasteiger partial charge in [0.05, 0.1) is 27.9 Å². The lowest BCUT2D eigenvalue weighted by Gasteiger charge is -2.11. The minimum atomic E-state index is -0.252. The van der Waals surface area contributed by atoms with Crippen LogP contribution in [0.15, 0.2) is 88.2 Å². The minimum Gasteiger partial charge on any atom is -0.506 e. The molecule has 0 saturated heterocycles. The van der Waals surface area contributed by atoms with E-state index >= 15 is 0 Å². The van der Waals surface area contributed by atoms with Crippen LogP contribution in [0.4, 0.5) is 5.69 Å². The first-order chi connectivity index (χ1) is 15.0. The van der Waals surface area contributed by atoms with Gasteiger partial charge in [-0.15, -0.1) is 0 Å². The number of fused-ring (bicyclic) bond motifs is 2. The Balaban J connectivity index is 1.47. The van der Waals surface area contributed by atoms with Crippen molar-refractivity contribution in [2.45, 2.75) is 6.92 Å². The molecule has 0 spiro atoms. The number of Topliss-reactive ketones (excluding diaryl/α,β-unsaturated/α-hetero) is 1. The number of aliphatic hydroxyl groups is 1. The molecule has 31 heavy (non-hydrogen) atoms. The summed E-state index contributed by atoms with van der Waals surface area (Å²) in [5.74, 6) is 0.271. The number of hydrogen-bond donors (Lipinski definition) is 1. The Morgan fingerprint density at radius 2 is 1.58 bits per heavy atom. The molecule has 0 amide bonds. The van der Waals surface area contributed by atoms with Gasteiger partial charge in [0.15, 0.2) is 5.78 Å². The number of nitrogens with zero attached hydrogens (tertiary/aromatic N) is 3. The summed E-state index contributed by atoms with van der Waals surface area (Å²) in [6.45, 7) is 1.79. The van der Waals surface area contributed by atoms with Gasteiger partial charge in [-0.2, -0.15) is 0 Å². The molecule has 5 rings (SSSR count). The van der Waals surface area contributed by atoms with Crippen LogP contribution in [0.2, 0.25) is 0 Å². The fraction of sp³-hybridized carbons (Fsp3) is 0.0400. The Morgan fingerprint density at radius 1 is 0.903 bits per heavy atom. The molecule has 1 N–H and O–H groups in total. The van der Waals surface area contributed by atoms with Crippen LogP contribution in [0, 0.1) is 6.92 Å². The van der Waals surface area contributed by atoms with Crippen molar-refractivity contribution in [3.05, 3.63) is 106 Å². The molecular weight excluding hydrogens is 390 g/mol. The lowest BCUT2D eigenvalue weighted by atomic mass is 10.1. The third kappa shape index (κ3) is 3.05. The third-order valence-electron chi connectivity index (χ3n) is 5.32. The second-order valence-electron chi connectivity index (χ2n) is 7.23. The zero-order valence-corrected chi connectivity index (χ0v) is 16.6. The molecule has 6 heteroatoms. The minimum absolute atomic E-state index is 0.0645. The van der Waals surface area contributed by atoms with Gasteiger partial charge in [0.25, 0.3) is 5.56 Å². The summed E-state index contributed by atoms with van der Waals surface area (Å²) in [7, 11) is 0. The van der Waals surface area contributed by atoms with Gasteiger partial charge in [-0.1, -0.05) is 36.4 Å². The molecule has 0 unspecified atom stereocenters. The second kappa shape index (κ2) is 7.18. The highest BCUT2D eigenvalue weighted by molar-refractivity contribution is 6.30. The highest BCUT2D eigenvalue weighted by Gasteiger charge is 2.27. The number of aliphatic hydroxyl groups excluding tert-OH is 1. The van der Waals surface area contributed by atoms with E-state index in [1.54, 1.807) is 66.1 Å². The zero-order chi connectivity index (χ0) is 21.5. The maximum Gasteiger partial charge on any atom is 0.265 e. The number of aryl methyl sites for hydroxylation is 1. The van der Waals surface area contributed by atoms with E-state index < -0.39 is 0 Å². The Morgan fingerprint density at radius 3 is 2.32 bits per heavy atom. The standard InChI is InChI=1S/C25H17N3O3/c1-15-27-22-9-5-4-8-20(22)25(31)28(15)17-12-10-16(11-13-17)26-14-21-23(29)18-6-2-3-7-19(18)24(21)30/h2-14,29H,1H3. The summed E-state index contributed by atoms with van der Waals surface area (Å²) < 4.78 is 1.56. The molecule has 1 aliphatic carbocycles. The van der Waals surface area contributed by atoms with Crippen molar-refractivity contribution in [2.75, 3.05) is 0 Å². The van der Waals surface area contributed by atoms with Crippen molar-refractivity contribution in [3.63, 3.8) is 0 Å². The Labute approximate surface area is 177 Å². The number of rotatable bonds is 3. The van der Waals surface area contributed by atoms with E-state index in [1.165, 1.54) is 6.21 Å². The van der Waals surface area contributed by atoms with Crippen LogP contribution in [0.25, 0.3) is 22.3 Å². The molecule has 3 aromatic carbocycles. The largest absolute Gasteiger partial charge is 0.506 e. The van der Waals surface area contributed by atoms with Gasteiger partial charge in [-0.25, -0.2) is 4.98 Å². The van der Waals surface area contributed by atoms with Crippen molar-refractivity contribution >= 4 is 34.3 Å². The normalized spacial score (nSPS) is 13.4. The molecular formula is C25H17N3O3. The van der Waals surface area contributed by atoms with Crippen molar-refractivity contribution in [2.24, 2.45) is 4.99 Å². The Kier molecular flexibility index (Phi) is 4.33. The predicted molar refractivity (Wildman–Crippen MR) is 121 cm³/mol. The van der Waals surface area contributed by atoms with Crippen molar-refractivity contribution in [3.8, 4) is 5.69 Å². The van der Waals surface area contributed by atoms with Crippen molar-refractivity contribution < 1.29 is 9.90 Å². The molecule has 0 aliphatic heterocycles. The zero-order valence-electron chi connectivity index (χ0n) is 16.6. The first kappa shape index (κ1) is 18.7. The molecule has 1 aromatic heterocycles. The fourth-order valence-corrected chi connectivity index (χ4v) is 3.78. The maximum atomic E-state index is 12.9. The van der Waals surface area contributed by atoms with Gasteiger partial charge in [0.2, 0.25) is 0 Å². The second-order valence-corrected chi connectivity index (χ2v) is 7.23. The molecule has 0 bridgehead atoms. The topological polar surface area (TPSA) is 84.6 Å². The first-order valence-corrected chi connectivity index (χ1v) is 9.75. The molecule has 0 radical (unpaired) electrons. The smallest absolute Gasteiger partial charge is 0.265 e. The van der Waals surface area contributed by atoms with Crippen LogP contribution in [0.5, 0.6) is 0 Å². The van der Waals surface area contributed by atoms with Gasteiger partial charge in [0, 0.05) is 17.3 Å². The molecule has 4 aromatic rings. The molecule has 6 nitrogen and oxygen atoms in total. The quantitative estimate of drug-likeness (QED) is 0.505. The van der Waals surface area contributed by atoms with E-state index in [9.17, 15) is 14.7 Å². The maximum absolute atomic E-state index is 12.9. The van der Waals surface area contributed by atoms with E-state index in [0.29, 0.717) is 39.2 Å². The summed E-state index contributed by atoms with van der Waals surface area (Å²) in [6.07, 6.45) is 1.38. The lowest BCUT2D eigenvalue weighted by molar-refractivity contribution is 0.104. The number of hydrogen-bond acceptors (Lipinski definition) is 5.